The third kappa shape index (κ3) is 31.3. The summed E-state index contributed by atoms with van der Waals surface area (Å²) in [4.78, 5) is 146. The van der Waals surface area contributed by atoms with Gasteiger partial charge in [-0.25, -0.2) is 0 Å². The molecule has 5 aliphatic rings. The second kappa shape index (κ2) is 50.1. The molecule has 5 aromatic heterocycles. The fourth-order valence-electron chi connectivity index (χ4n) is 16.9. The van der Waals surface area contributed by atoms with E-state index in [4.69, 9.17) is 37.9 Å². The molecule has 0 radical (unpaired) electrons. The summed E-state index contributed by atoms with van der Waals surface area (Å²) in [5, 5.41) is 51.2. The van der Waals surface area contributed by atoms with Crippen molar-refractivity contribution < 1.29 is 44.1 Å². The fourth-order valence-corrected chi connectivity index (χ4v) is 17.0. The van der Waals surface area contributed by atoms with Gasteiger partial charge in [-0.3, -0.25) is 52.7 Å². The predicted molar refractivity (Wildman–Crippen MR) is 552 cm³/mol. The Bertz CT molecular complexity index is 6420. The minimum atomic E-state index is -0.435. The predicted octanol–water partition coefficient (Wildman–Crippen LogP) is 15.1. The first-order valence-electron chi connectivity index (χ1n) is 48.2. The highest BCUT2D eigenvalue weighted by molar-refractivity contribution is 6.30. The lowest BCUT2D eigenvalue weighted by molar-refractivity contribution is -0.120. The molecule has 734 valence electrons. The van der Waals surface area contributed by atoms with Crippen LogP contribution in [0.3, 0.4) is 0 Å². The summed E-state index contributed by atoms with van der Waals surface area (Å²) in [5.74, 6) is -0.205. The molecule has 10 aromatic rings. The number of unbranched alkanes of at least 4 members (excludes halogenated alkanes) is 2. The number of aliphatic hydroxyl groups is 3. The molecule has 5 aliphatic heterocycles. The molecule has 10 heterocycles. The van der Waals surface area contributed by atoms with Gasteiger partial charge in [-0.2, -0.15) is 5.26 Å². The highest BCUT2D eigenvalue weighted by Crippen LogP contribution is 2.35. The number of carbonyl (C=O) groups excluding carboxylic acids is 6. The normalized spacial score (nSPS) is 17.3. The van der Waals surface area contributed by atoms with Gasteiger partial charge in [0.05, 0.1) is 0 Å². The van der Waals surface area contributed by atoms with Crippen LogP contribution >= 0.6 is 11.6 Å². The molecule has 26 nitrogen and oxygen atoms in total. The van der Waals surface area contributed by atoms with Gasteiger partial charge < -0.3 is 72.6 Å². The van der Waals surface area contributed by atoms with E-state index in [2.05, 4.69) is 162 Å². The van der Waals surface area contributed by atoms with Gasteiger partial charge in [0, 0.05) is 172 Å². The van der Waals surface area contributed by atoms with Crippen LogP contribution in [0.25, 0.3) is 27.9 Å². The molecule has 5 fully saturated rings. The van der Waals surface area contributed by atoms with Crippen molar-refractivity contribution in [3.05, 3.63) is 376 Å². The molecule has 5 saturated heterocycles. The molecule has 5 atom stereocenters. The van der Waals surface area contributed by atoms with Crippen molar-refractivity contribution in [3.8, 4) is 6.07 Å². The summed E-state index contributed by atoms with van der Waals surface area (Å²) in [5.41, 5.74) is 24.6. The average Bonchev–Trinajstić information content (AvgIpc) is 1.18. The van der Waals surface area contributed by atoms with Gasteiger partial charge >= 0.3 is 0 Å². The number of aliphatic hydroxyl groups excluding tert-OH is 3. The fraction of sp³-hybridized carbons (Fsp3) is 0.363. The zero-order chi connectivity index (χ0) is 101. The minimum absolute atomic E-state index is 0.0264. The number of aryl methyl sites for hydroxylation is 5. The van der Waals surface area contributed by atoms with E-state index in [1.165, 1.54) is 28.3 Å². The second-order valence-corrected chi connectivity index (χ2v) is 39.5. The van der Waals surface area contributed by atoms with Crippen molar-refractivity contribution in [1.29, 1.82) is 5.26 Å². The molecule has 0 spiro atoms. The molecule has 140 heavy (non-hydrogen) atoms. The van der Waals surface area contributed by atoms with Crippen molar-refractivity contribution in [2.75, 3.05) is 19.8 Å². The van der Waals surface area contributed by atoms with Gasteiger partial charge in [-0.15, -0.1) is 0 Å². The number of aromatic nitrogens is 5. The van der Waals surface area contributed by atoms with Crippen molar-refractivity contribution in [2.24, 2.45) is 5.73 Å². The Morgan fingerprint density at radius 2 is 0.586 bits per heavy atom. The number of hydrogen-bond acceptors (Lipinski definition) is 15. The van der Waals surface area contributed by atoms with Crippen LogP contribution in [0.1, 0.15) is 271 Å². The first-order chi connectivity index (χ1) is 66.8. The van der Waals surface area contributed by atoms with E-state index in [1.54, 1.807) is 24.3 Å². The summed E-state index contributed by atoms with van der Waals surface area (Å²) >= 11 is 6.01. The number of primary amides is 1. The number of aromatic amines is 5. The van der Waals surface area contributed by atoms with Crippen LogP contribution in [-0.2, 0) is 70.7 Å². The lowest BCUT2D eigenvalue weighted by Gasteiger charge is -2.20. The van der Waals surface area contributed by atoms with Crippen LogP contribution in [0, 0.1) is 18.3 Å². The molecule has 0 aliphatic carbocycles. The van der Waals surface area contributed by atoms with Crippen molar-refractivity contribution >= 4 is 74.9 Å². The number of nitrogens with one attached hydrogen (secondary N) is 10. The molecule has 15 N–H and O–H groups in total. The van der Waals surface area contributed by atoms with Crippen molar-refractivity contribution in [1.82, 2.24) is 51.5 Å². The average molecular weight is 1920 g/mol. The Kier molecular flexibility index (Phi) is 38.1. The van der Waals surface area contributed by atoms with Gasteiger partial charge in [0.15, 0.2) is 0 Å². The maximum absolute atomic E-state index is 12.6. The van der Waals surface area contributed by atoms with E-state index < -0.39 is 11.5 Å². The zero-order valence-corrected chi connectivity index (χ0v) is 82.3. The van der Waals surface area contributed by atoms with Gasteiger partial charge in [0.2, 0.25) is 35.4 Å². The van der Waals surface area contributed by atoms with Gasteiger partial charge in [-0.05, 0) is 206 Å². The monoisotopic (exact) mass is 1910 g/mol. The Hall–Kier alpha value is -14.0. The van der Waals surface area contributed by atoms with Crippen LogP contribution in [0.4, 0.5) is 0 Å². The summed E-state index contributed by atoms with van der Waals surface area (Å²) in [7, 11) is 0. The van der Waals surface area contributed by atoms with Crippen LogP contribution in [0.5, 0.6) is 0 Å². The zero-order valence-electron chi connectivity index (χ0n) is 81.6. The van der Waals surface area contributed by atoms with Crippen LogP contribution in [0.15, 0.2) is 236 Å². The van der Waals surface area contributed by atoms with Gasteiger partial charge in [0.1, 0.15) is 11.6 Å². The van der Waals surface area contributed by atoms with Crippen LogP contribution in [0.2, 0.25) is 5.02 Å². The Balaban J connectivity index is 0.000000168. The number of benzene rings is 5. The summed E-state index contributed by atoms with van der Waals surface area (Å²) < 4.78 is 0. The largest absolute Gasteiger partial charge is 0.396 e. The molecule has 15 rings (SSSR count). The maximum atomic E-state index is 12.6. The number of amides is 6. The van der Waals surface area contributed by atoms with E-state index in [0.717, 1.165) is 118 Å². The quantitative estimate of drug-likeness (QED) is 0.0194. The number of hydrogen-bond donors (Lipinski definition) is 14. The highest BCUT2D eigenvalue weighted by atomic mass is 35.5. The molecule has 0 unspecified atom stereocenters. The summed E-state index contributed by atoms with van der Waals surface area (Å²) in [6.07, 6.45) is 22.1. The maximum Gasteiger partial charge on any atom is 0.266 e. The Morgan fingerprint density at radius 1 is 0.343 bits per heavy atom. The first kappa shape index (κ1) is 106. The SMILES string of the molecule is CC(C)(C)c1ccc(/C(=C\[C@H]2CCC(=O)N2)c2ccc(C#N)c(=O)[nH]2)cc1.CC(C)(C)c1ccc(/C(=C\[C@H]2CCC(=O)N2)c2ccc(CCC(N)=O)c(=O)[nH]2)cc1.CC(C)(C)c1ccc(/C(=C\[C@H]2CCC(=O)N2)c2ccc(CCCO)c(=O)[nH]2)cc1.Cc1ccc(/C(=C\[C@H]2CCC(=O)N2)c2ccc(CCCCO)c(=O)[nH]2)cc1.O=C1CC[C@H](/C=C(\c2ccc(Cl)cc2)c2ccc(CCCCO)c(=O)[nH]2)N1. The summed E-state index contributed by atoms with van der Waals surface area (Å²) in [6, 6.07) is 60.1. The van der Waals surface area contributed by atoms with Gasteiger partial charge in [-0.1, -0.05) is 243 Å². The van der Waals surface area contributed by atoms with E-state index >= 15 is 0 Å². The minimum Gasteiger partial charge on any atom is -0.396 e. The van der Waals surface area contributed by atoms with E-state index in [9.17, 15) is 52.7 Å². The smallest absolute Gasteiger partial charge is 0.266 e. The first-order valence-corrected chi connectivity index (χ1v) is 48.6. The second-order valence-electron chi connectivity index (χ2n) is 39.1. The highest BCUT2D eigenvalue weighted by Gasteiger charge is 2.28. The third-order valence-electron chi connectivity index (χ3n) is 25.1. The van der Waals surface area contributed by atoms with E-state index in [-0.39, 0.29) is 130 Å². The Morgan fingerprint density at radius 3 is 0.814 bits per heavy atom. The topological polar surface area (TPSA) is 437 Å². The molecule has 0 bridgehead atoms. The lowest BCUT2D eigenvalue weighted by Crippen LogP contribution is -2.24. The van der Waals surface area contributed by atoms with E-state index in [1.807, 2.05) is 147 Å². The standard InChI is InChI=1S/C24H29N3O3.C24H30N2O3.C22H23N3O2.C22H26N2O3.C21H23ClN2O3/c1-24(2,3)17-8-4-15(5-9-17)19(14-18-10-13-22(29)26-18)20-11-6-16(23(30)27-20)7-12-21(25)28;1-24(2,3)18-9-6-16(7-10-18)20(15-19-11-13-22(28)25-19)21-12-8-17(5-4-14-27)23(29)26-21;1-22(2,3)16-7-4-14(5-8-16)18(12-17-9-11-20(26)24-17)19-10-6-15(13-23)21(27)25-19;1-15-5-7-16(8-6-15)19(14-18-10-12-21(26)23-18)20-11-9-17(22(27)24-20)4-2-3-13-25;22-16-7-4-14(5-8-16)18(13-17-9-11-20(26)23-17)19-10-6-15(21(27)24-19)3-1-2-12-25/h4-6,8-9,11,14,18H,7,10,12-13H2,1-3H3,(H2,25,28)(H,26,29)(H,27,30);6-10,12,15,19,27H,4-5,11,13-14H2,1-3H3,(H,25,28)(H,26,29);4-8,10,12,17H,9,11H2,1-3H3,(H,24,26)(H,25,27);5-9,11,14,18,25H,2-4,10,12-13H2,1H3,(H,23,26)(H,24,27);4-8,10,13,17,25H,1-3,9,11-12H2,(H,23,26)(H,24,27)/b19-14+;20-15+;18-12+;19-14+;18-13+/t18-;19-;17-;18-;17-/m11111/s1. The molecule has 5 aromatic carbocycles. The number of halogens is 1. The van der Waals surface area contributed by atoms with Gasteiger partial charge in [0.25, 0.3) is 27.8 Å². The van der Waals surface area contributed by atoms with E-state index in [0.29, 0.717) is 116 Å². The molecule has 0 saturated carbocycles. The van der Waals surface area contributed by atoms with Crippen molar-refractivity contribution in [2.45, 2.75) is 244 Å². The number of H-pyrrole nitrogens is 5. The number of nitrogens with zero attached hydrogens (tertiary/aromatic N) is 1. The number of carbonyl (C=O) groups is 6. The molecular weight excluding hydrogens is 1780 g/mol. The third-order valence-corrected chi connectivity index (χ3v) is 25.3. The van der Waals surface area contributed by atoms with Crippen LogP contribution < -0.4 is 60.1 Å². The number of nitrogens with two attached hydrogens (primary N) is 1. The van der Waals surface area contributed by atoms with Crippen molar-refractivity contribution in [3.63, 3.8) is 0 Å². The molecule has 6 amide bonds. The number of rotatable bonds is 29. The molecule has 27 heteroatoms. The lowest BCUT2D eigenvalue weighted by atomic mass is 9.86. The number of nitriles is 1. The number of pyridine rings is 5. The summed E-state index contributed by atoms with van der Waals surface area (Å²) in [6.45, 7) is 21.9. The molecular formula is C113H131ClN12O14. The Labute approximate surface area is 822 Å². The van der Waals surface area contributed by atoms with Crippen LogP contribution in [-0.4, -0.2) is 126 Å².